The molecule has 0 bridgehead atoms. The van der Waals surface area contributed by atoms with Crippen molar-refractivity contribution >= 4 is 37.6 Å². The van der Waals surface area contributed by atoms with Crippen molar-refractivity contribution in [1.82, 2.24) is 10.2 Å². The zero-order valence-electron chi connectivity index (χ0n) is 30.9. The number of hydrogen-bond donors (Lipinski definition) is 2. The molecule has 1 unspecified atom stereocenters. The van der Waals surface area contributed by atoms with Gasteiger partial charge in [-0.05, 0) is 36.7 Å². The maximum atomic E-state index is 13.1. The Morgan fingerprint density at radius 1 is 0.706 bits per heavy atom. The van der Waals surface area contributed by atoms with Crippen molar-refractivity contribution in [3.63, 3.8) is 0 Å². The fourth-order valence-electron chi connectivity index (χ4n) is 4.91. The van der Waals surface area contributed by atoms with Gasteiger partial charge in [0, 0.05) is 18.7 Å². The average Bonchev–Trinajstić information content (AvgIpc) is 3.33. The summed E-state index contributed by atoms with van der Waals surface area (Å²) in [6.07, 6.45) is 0.176. The van der Waals surface area contributed by atoms with E-state index >= 15 is 0 Å². The van der Waals surface area contributed by atoms with Gasteiger partial charge in [0.15, 0.2) is 8.32 Å². The molecule has 3 rings (SSSR count). The van der Waals surface area contributed by atoms with Crippen LogP contribution in [0, 0.1) is 0 Å². The Morgan fingerprint density at radius 2 is 1.18 bits per heavy atom. The van der Waals surface area contributed by atoms with Gasteiger partial charge in [-0.3, -0.25) is 29.4 Å². The summed E-state index contributed by atoms with van der Waals surface area (Å²) in [5, 5.41) is 5.53. The summed E-state index contributed by atoms with van der Waals surface area (Å²) < 4.78 is 44.8. The van der Waals surface area contributed by atoms with Gasteiger partial charge in [0.2, 0.25) is 11.8 Å². The molecule has 0 radical (unpaired) electrons. The molecule has 1 saturated heterocycles. The fourth-order valence-corrected chi connectivity index (χ4v) is 5.94. The first-order valence-corrected chi connectivity index (χ1v) is 20.6. The second kappa shape index (κ2) is 22.3. The van der Waals surface area contributed by atoms with Crippen molar-refractivity contribution in [2.45, 2.75) is 57.8 Å². The number of piperidine rings is 1. The third-order valence-corrected chi connectivity index (χ3v) is 13.3. The van der Waals surface area contributed by atoms with Crippen LogP contribution in [-0.4, -0.2) is 149 Å². The molecule has 1 aromatic carbocycles. The summed E-state index contributed by atoms with van der Waals surface area (Å²) in [6, 6.07) is 3.92. The molecular formula is C35H57N3O12Si. The highest BCUT2D eigenvalue weighted by atomic mass is 28.4. The summed E-state index contributed by atoms with van der Waals surface area (Å²) in [7, 11) is -1.72. The zero-order valence-corrected chi connectivity index (χ0v) is 31.9. The second-order valence-corrected chi connectivity index (χ2v) is 18.3. The van der Waals surface area contributed by atoms with Gasteiger partial charge in [-0.2, -0.15) is 0 Å². The van der Waals surface area contributed by atoms with E-state index in [1.807, 2.05) is 0 Å². The summed E-state index contributed by atoms with van der Waals surface area (Å²) in [4.78, 5) is 50.8. The number of benzene rings is 1. The Kier molecular flexibility index (Phi) is 18.6. The molecule has 0 aliphatic carbocycles. The fraction of sp³-hybridized carbons (Fsp3) is 0.714. The standard InChI is InChI=1S/C35H57N3O12Si/c1-35(2,3)51(4,5)50-26-25-49-24-23-48-22-21-47-20-19-46-18-17-45-16-15-44-14-13-43-12-11-36-28-8-6-7-27-31(28)34(42)38(33(27)41)29-9-10-30(39)37-32(29)40/h6-8,29,36H,9-26H2,1-5H3,(H,37,39,40). The third-order valence-electron chi connectivity index (χ3n) is 8.76. The Hall–Kier alpha value is -2.80. The van der Waals surface area contributed by atoms with Gasteiger partial charge in [-0.15, -0.1) is 0 Å². The van der Waals surface area contributed by atoms with Crippen LogP contribution in [0.4, 0.5) is 5.69 Å². The van der Waals surface area contributed by atoms with E-state index in [1.54, 1.807) is 18.2 Å². The number of amides is 4. The first-order valence-electron chi connectivity index (χ1n) is 17.7. The summed E-state index contributed by atoms with van der Waals surface area (Å²) in [6.45, 7) is 18.6. The Labute approximate surface area is 302 Å². The minimum atomic E-state index is -1.72. The minimum absolute atomic E-state index is 0.0691. The number of imide groups is 2. The number of hydrogen-bond acceptors (Lipinski definition) is 13. The molecule has 2 aliphatic heterocycles. The largest absolute Gasteiger partial charge is 0.414 e. The van der Waals surface area contributed by atoms with Crippen LogP contribution < -0.4 is 10.6 Å². The van der Waals surface area contributed by atoms with Crippen molar-refractivity contribution in [2.75, 3.05) is 111 Å². The normalized spacial score (nSPS) is 16.6. The molecule has 15 nitrogen and oxygen atoms in total. The molecule has 16 heteroatoms. The molecule has 2 heterocycles. The van der Waals surface area contributed by atoms with Gasteiger partial charge in [0.25, 0.3) is 11.8 Å². The monoisotopic (exact) mass is 739 g/mol. The number of fused-ring (bicyclic) bond motifs is 1. The molecule has 2 N–H and O–H groups in total. The van der Waals surface area contributed by atoms with E-state index in [-0.39, 0.29) is 29.0 Å². The number of carbonyl (C=O) groups is 4. The first kappa shape index (κ1) is 42.6. The van der Waals surface area contributed by atoms with Gasteiger partial charge in [0.1, 0.15) is 6.04 Å². The lowest BCUT2D eigenvalue weighted by Gasteiger charge is -2.36. The molecule has 0 spiro atoms. The van der Waals surface area contributed by atoms with E-state index in [0.29, 0.717) is 111 Å². The quantitative estimate of drug-likeness (QED) is 0.0768. The topological polar surface area (TPSA) is 169 Å². The molecule has 2 aliphatic rings. The van der Waals surface area contributed by atoms with E-state index in [1.165, 1.54) is 0 Å². The molecular weight excluding hydrogens is 682 g/mol. The van der Waals surface area contributed by atoms with Crippen LogP contribution in [0.15, 0.2) is 18.2 Å². The number of ether oxygens (including phenoxy) is 7. The Balaban J connectivity index is 1.07. The van der Waals surface area contributed by atoms with Crippen LogP contribution in [0.25, 0.3) is 0 Å². The van der Waals surface area contributed by atoms with Crippen molar-refractivity contribution in [1.29, 1.82) is 0 Å². The van der Waals surface area contributed by atoms with Crippen LogP contribution in [0.1, 0.15) is 54.3 Å². The van der Waals surface area contributed by atoms with Crippen molar-refractivity contribution in [3.8, 4) is 0 Å². The maximum Gasteiger partial charge on any atom is 0.264 e. The van der Waals surface area contributed by atoms with Gasteiger partial charge >= 0.3 is 0 Å². The third kappa shape index (κ3) is 14.3. The molecule has 0 saturated carbocycles. The van der Waals surface area contributed by atoms with Gasteiger partial charge in [0.05, 0.1) is 110 Å². The van der Waals surface area contributed by atoms with Crippen LogP contribution in [0.2, 0.25) is 18.1 Å². The zero-order chi connectivity index (χ0) is 37.1. The van der Waals surface area contributed by atoms with E-state index in [9.17, 15) is 19.2 Å². The molecule has 4 amide bonds. The average molecular weight is 740 g/mol. The smallest absolute Gasteiger partial charge is 0.264 e. The summed E-state index contributed by atoms with van der Waals surface area (Å²) in [5.41, 5.74) is 0.920. The first-order chi connectivity index (χ1) is 24.4. The molecule has 1 fully saturated rings. The van der Waals surface area contributed by atoms with E-state index < -0.39 is 38.0 Å². The number of carbonyl (C=O) groups excluding carboxylic acids is 4. The number of rotatable bonds is 27. The molecule has 1 atom stereocenters. The lowest BCUT2D eigenvalue weighted by molar-refractivity contribution is -0.136. The lowest BCUT2D eigenvalue weighted by atomic mass is 10.0. The molecule has 288 valence electrons. The number of nitrogens with zero attached hydrogens (tertiary/aromatic N) is 1. The van der Waals surface area contributed by atoms with Gasteiger partial charge in [-0.1, -0.05) is 26.8 Å². The number of anilines is 1. The molecule has 1 aromatic rings. The SMILES string of the molecule is CC(C)(C)[Si](C)(C)OCCOCCOCCOCCOCCOCCOCCOCCNc1cccc2c1C(=O)N(C1CCC(=O)NC1=O)C2=O. The predicted octanol–water partition coefficient (Wildman–Crippen LogP) is 2.64. The molecule has 0 aromatic heterocycles. The van der Waals surface area contributed by atoms with E-state index in [0.717, 1.165) is 4.90 Å². The van der Waals surface area contributed by atoms with Crippen LogP contribution in [0.3, 0.4) is 0 Å². The Bertz CT molecular complexity index is 1260. The van der Waals surface area contributed by atoms with Crippen molar-refractivity contribution in [2.24, 2.45) is 0 Å². The lowest BCUT2D eigenvalue weighted by Crippen LogP contribution is -2.54. The van der Waals surface area contributed by atoms with Crippen LogP contribution in [0.5, 0.6) is 0 Å². The van der Waals surface area contributed by atoms with Gasteiger partial charge < -0.3 is 42.9 Å². The highest BCUT2D eigenvalue weighted by Gasteiger charge is 2.45. The number of nitrogens with one attached hydrogen (secondary N) is 2. The van der Waals surface area contributed by atoms with Crippen LogP contribution >= 0.6 is 0 Å². The highest BCUT2D eigenvalue weighted by Crippen LogP contribution is 2.36. The van der Waals surface area contributed by atoms with Crippen molar-refractivity contribution < 1.29 is 56.8 Å². The maximum absolute atomic E-state index is 13.1. The Morgan fingerprint density at radius 3 is 1.65 bits per heavy atom. The van der Waals surface area contributed by atoms with E-state index in [2.05, 4.69) is 44.5 Å². The van der Waals surface area contributed by atoms with E-state index in [4.69, 9.17) is 37.6 Å². The second-order valence-electron chi connectivity index (χ2n) is 13.5. The highest BCUT2D eigenvalue weighted by molar-refractivity contribution is 6.74. The summed E-state index contributed by atoms with van der Waals surface area (Å²) >= 11 is 0. The minimum Gasteiger partial charge on any atom is -0.414 e. The van der Waals surface area contributed by atoms with Crippen LogP contribution in [-0.2, 0) is 47.2 Å². The van der Waals surface area contributed by atoms with Crippen molar-refractivity contribution in [3.05, 3.63) is 29.3 Å². The molecule has 51 heavy (non-hydrogen) atoms. The summed E-state index contributed by atoms with van der Waals surface area (Å²) in [5.74, 6) is -2.15. The predicted molar refractivity (Wildman–Crippen MR) is 190 cm³/mol. The van der Waals surface area contributed by atoms with Gasteiger partial charge in [-0.25, -0.2) is 0 Å².